The third-order valence-corrected chi connectivity index (χ3v) is 12.3. The van der Waals surface area contributed by atoms with Crippen molar-refractivity contribution in [3.05, 3.63) is 224 Å². The fourth-order valence-electron chi connectivity index (χ4n) is 9.18. The summed E-state index contributed by atoms with van der Waals surface area (Å²) in [6, 6.07) is 80.2. The van der Waals surface area contributed by atoms with Crippen LogP contribution in [0.1, 0.15) is 0 Å². The second kappa shape index (κ2) is 14.8. The average Bonchev–Trinajstić information content (AvgIpc) is 3.35. The van der Waals surface area contributed by atoms with E-state index in [4.69, 9.17) is 15.0 Å². The van der Waals surface area contributed by atoms with Crippen molar-refractivity contribution >= 4 is 53.9 Å². The molecule has 0 amide bonds. The van der Waals surface area contributed by atoms with Crippen LogP contribution in [-0.2, 0) is 0 Å². The molecule has 0 radical (unpaired) electrons. The van der Waals surface area contributed by atoms with Gasteiger partial charge >= 0.3 is 0 Å². The molecule has 12 aromatic rings. The maximum Gasteiger partial charge on any atom is 0.164 e. The molecule has 288 valence electrons. The fourth-order valence-corrected chi connectivity index (χ4v) is 9.18. The van der Waals surface area contributed by atoms with E-state index in [1.807, 2.05) is 0 Å². The lowest BCUT2D eigenvalue weighted by Crippen LogP contribution is -2.01. The Kier molecular flexibility index (Phi) is 8.50. The van der Waals surface area contributed by atoms with Crippen LogP contribution < -0.4 is 0 Å². The van der Waals surface area contributed by atoms with Crippen LogP contribution in [0.25, 0.3) is 121 Å². The van der Waals surface area contributed by atoms with Crippen LogP contribution in [0.3, 0.4) is 0 Å². The van der Waals surface area contributed by atoms with Gasteiger partial charge in [0.25, 0.3) is 0 Å². The van der Waals surface area contributed by atoms with Gasteiger partial charge in [0.1, 0.15) is 0 Å². The van der Waals surface area contributed by atoms with Crippen LogP contribution in [0.5, 0.6) is 0 Å². The molecule has 12 rings (SSSR count). The predicted molar refractivity (Wildman–Crippen MR) is 260 cm³/mol. The lowest BCUT2D eigenvalue weighted by atomic mass is 9.94. The molecule has 3 heteroatoms. The quantitative estimate of drug-likeness (QED) is 0.158. The third kappa shape index (κ3) is 6.27. The van der Waals surface area contributed by atoms with E-state index in [9.17, 15) is 0 Å². The standard InChI is InChI=1S/C59H37N3/c1-4-19-49-38(12-1)15-10-24-52(49)46-32-31-44-34-43(29-30-45(44)35-46)42-17-9-18-47(36-42)57-60-58(48-33-28-41-27-26-40-14-3-6-21-51(40)56(41)37-48)62-59(61-57)55-23-8-7-22-54(55)53-25-11-16-39-13-2-5-20-50(39)53/h1-37H. The van der Waals surface area contributed by atoms with E-state index in [2.05, 4.69) is 224 Å². The van der Waals surface area contributed by atoms with E-state index in [1.54, 1.807) is 0 Å². The normalized spacial score (nSPS) is 11.5. The summed E-state index contributed by atoms with van der Waals surface area (Å²) >= 11 is 0. The van der Waals surface area contributed by atoms with Crippen LogP contribution in [0.15, 0.2) is 224 Å². The maximum atomic E-state index is 5.30. The van der Waals surface area contributed by atoms with Gasteiger partial charge in [0.2, 0.25) is 0 Å². The molecule has 0 saturated carbocycles. The number of hydrogen-bond donors (Lipinski definition) is 0. The second-order valence-corrected chi connectivity index (χ2v) is 16.0. The Morgan fingerprint density at radius 1 is 0.194 bits per heavy atom. The molecule has 0 aliphatic heterocycles. The number of benzene rings is 11. The lowest BCUT2D eigenvalue weighted by molar-refractivity contribution is 1.07. The van der Waals surface area contributed by atoms with Crippen molar-refractivity contribution < 1.29 is 0 Å². The molecular formula is C59H37N3. The molecule has 0 spiro atoms. The van der Waals surface area contributed by atoms with E-state index in [-0.39, 0.29) is 0 Å². The zero-order valence-corrected chi connectivity index (χ0v) is 33.7. The van der Waals surface area contributed by atoms with Gasteiger partial charge in [0.15, 0.2) is 17.5 Å². The minimum absolute atomic E-state index is 0.623. The second-order valence-electron chi connectivity index (χ2n) is 16.0. The molecule has 1 heterocycles. The number of fused-ring (bicyclic) bond motifs is 6. The van der Waals surface area contributed by atoms with E-state index >= 15 is 0 Å². The van der Waals surface area contributed by atoms with Gasteiger partial charge in [-0.15, -0.1) is 0 Å². The highest BCUT2D eigenvalue weighted by Crippen LogP contribution is 2.38. The van der Waals surface area contributed by atoms with Crippen molar-refractivity contribution in [1.29, 1.82) is 0 Å². The Hall–Kier alpha value is -8.27. The van der Waals surface area contributed by atoms with Crippen LogP contribution in [0, 0.1) is 0 Å². The summed E-state index contributed by atoms with van der Waals surface area (Å²) in [6.45, 7) is 0. The van der Waals surface area contributed by atoms with Crippen LogP contribution >= 0.6 is 0 Å². The van der Waals surface area contributed by atoms with Crippen molar-refractivity contribution in [2.45, 2.75) is 0 Å². The molecule has 0 aliphatic carbocycles. The third-order valence-electron chi connectivity index (χ3n) is 12.3. The van der Waals surface area contributed by atoms with Gasteiger partial charge in [-0.1, -0.05) is 200 Å². The van der Waals surface area contributed by atoms with Crippen LogP contribution in [-0.4, -0.2) is 15.0 Å². The molecular weight excluding hydrogens is 751 g/mol. The van der Waals surface area contributed by atoms with Gasteiger partial charge in [-0.25, -0.2) is 15.0 Å². The molecule has 0 N–H and O–H groups in total. The predicted octanol–water partition coefficient (Wildman–Crippen LogP) is 15.6. The molecule has 0 aliphatic rings. The van der Waals surface area contributed by atoms with Gasteiger partial charge < -0.3 is 0 Å². The van der Waals surface area contributed by atoms with Gasteiger partial charge in [0, 0.05) is 16.7 Å². The largest absolute Gasteiger partial charge is 0.208 e. The first-order valence-corrected chi connectivity index (χ1v) is 21.1. The molecule has 0 bridgehead atoms. The van der Waals surface area contributed by atoms with Crippen LogP contribution in [0.2, 0.25) is 0 Å². The van der Waals surface area contributed by atoms with Gasteiger partial charge in [0.05, 0.1) is 0 Å². The smallest absolute Gasteiger partial charge is 0.164 e. The summed E-state index contributed by atoms with van der Waals surface area (Å²) in [6.07, 6.45) is 0. The molecule has 0 atom stereocenters. The number of rotatable bonds is 6. The molecule has 0 fully saturated rings. The fraction of sp³-hybridized carbons (Fsp3) is 0. The minimum atomic E-state index is 0.623. The summed E-state index contributed by atoms with van der Waals surface area (Å²) < 4.78 is 0. The Morgan fingerprint density at radius 2 is 0.613 bits per heavy atom. The van der Waals surface area contributed by atoms with Gasteiger partial charge in [-0.2, -0.15) is 0 Å². The highest BCUT2D eigenvalue weighted by atomic mass is 15.0. The van der Waals surface area contributed by atoms with E-state index in [1.165, 1.54) is 65.0 Å². The minimum Gasteiger partial charge on any atom is -0.208 e. The number of hydrogen-bond acceptors (Lipinski definition) is 3. The summed E-state index contributed by atoms with van der Waals surface area (Å²) in [5.74, 6) is 1.88. The Balaban J connectivity index is 0.994. The van der Waals surface area contributed by atoms with Crippen molar-refractivity contribution in [3.8, 4) is 67.5 Å². The van der Waals surface area contributed by atoms with E-state index in [0.717, 1.165) is 38.9 Å². The first-order chi connectivity index (χ1) is 30.7. The molecule has 62 heavy (non-hydrogen) atoms. The van der Waals surface area contributed by atoms with Crippen molar-refractivity contribution in [2.75, 3.05) is 0 Å². The van der Waals surface area contributed by atoms with Gasteiger partial charge in [-0.3, -0.25) is 0 Å². The van der Waals surface area contributed by atoms with Crippen molar-refractivity contribution in [2.24, 2.45) is 0 Å². The van der Waals surface area contributed by atoms with Crippen LogP contribution in [0.4, 0.5) is 0 Å². The first-order valence-electron chi connectivity index (χ1n) is 21.1. The topological polar surface area (TPSA) is 38.7 Å². The Labute approximate surface area is 359 Å². The average molecular weight is 788 g/mol. The number of aromatic nitrogens is 3. The molecule has 3 nitrogen and oxygen atoms in total. The molecule has 0 saturated heterocycles. The van der Waals surface area contributed by atoms with E-state index in [0.29, 0.717) is 17.5 Å². The maximum absolute atomic E-state index is 5.30. The SMILES string of the molecule is c1cc(-c2ccc3cc(-c4cccc5ccccc45)ccc3c2)cc(-c2nc(-c3ccc4ccc5ccccc5c4c3)nc(-c3ccccc3-c3cccc4ccccc34)n2)c1. The summed E-state index contributed by atoms with van der Waals surface area (Å²) in [7, 11) is 0. The van der Waals surface area contributed by atoms with Crippen molar-refractivity contribution in [3.63, 3.8) is 0 Å². The molecule has 0 unspecified atom stereocenters. The summed E-state index contributed by atoms with van der Waals surface area (Å²) in [4.78, 5) is 15.9. The highest BCUT2D eigenvalue weighted by Gasteiger charge is 2.18. The monoisotopic (exact) mass is 787 g/mol. The zero-order chi connectivity index (χ0) is 41.0. The first kappa shape index (κ1) is 35.7. The Bertz CT molecular complexity index is 3710. The Morgan fingerprint density at radius 3 is 1.35 bits per heavy atom. The van der Waals surface area contributed by atoms with E-state index < -0.39 is 0 Å². The lowest BCUT2D eigenvalue weighted by Gasteiger charge is -2.14. The molecule has 1 aromatic heterocycles. The summed E-state index contributed by atoms with van der Waals surface area (Å²) in [5.41, 5.74) is 9.72. The highest BCUT2D eigenvalue weighted by molar-refractivity contribution is 6.09. The molecule has 11 aromatic carbocycles. The zero-order valence-electron chi connectivity index (χ0n) is 33.7. The summed E-state index contributed by atoms with van der Waals surface area (Å²) in [5, 5.41) is 12.0. The number of nitrogens with zero attached hydrogens (tertiary/aromatic N) is 3. The van der Waals surface area contributed by atoms with Crippen molar-refractivity contribution in [1.82, 2.24) is 15.0 Å². The van der Waals surface area contributed by atoms with Gasteiger partial charge in [-0.05, 0) is 112 Å².